The Balaban J connectivity index is 0.00000342. The van der Waals surface area contributed by atoms with Gasteiger partial charge in [0.2, 0.25) is 0 Å². The standard InChI is InChI=1S/C23H35ClN6O3Si.H2S/c1-17-13-28(19-14-33-15-19)7-8-29(17)18-5-6-22(25-12-18)26-20-11-21(24)27-30(23(20)31)16-32-9-10-34(2,3)4;/h5-6,11-12,17,19H,7-10,13-16H2,1-4H3,(H,25,26);1H2/t17-;/m0./s1. The number of rotatable bonds is 9. The van der Waals surface area contributed by atoms with Crippen LogP contribution in [0.15, 0.2) is 29.2 Å². The zero-order valence-electron chi connectivity index (χ0n) is 21.0. The van der Waals surface area contributed by atoms with Crippen LogP contribution in [0.25, 0.3) is 0 Å². The van der Waals surface area contributed by atoms with Crippen molar-refractivity contribution in [1.82, 2.24) is 19.7 Å². The molecule has 1 N–H and O–H groups in total. The molecule has 2 aliphatic heterocycles. The lowest BCUT2D eigenvalue weighted by Gasteiger charge is -2.46. The molecule has 12 heteroatoms. The quantitative estimate of drug-likeness (QED) is 0.383. The summed E-state index contributed by atoms with van der Waals surface area (Å²) in [6, 6.07) is 7.42. The van der Waals surface area contributed by atoms with Crippen molar-refractivity contribution in [2.75, 3.05) is 49.7 Å². The molecular formula is C23H37ClN6O3SSi. The van der Waals surface area contributed by atoms with E-state index >= 15 is 0 Å². The fraction of sp³-hybridized carbons (Fsp3) is 0.609. The van der Waals surface area contributed by atoms with Crippen LogP contribution < -0.4 is 15.8 Å². The van der Waals surface area contributed by atoms with Gasteiger partial charge in [-0.3, -0.25) is 9.69 Å². The number of nitrogens with zero attached hydrogens (tertiary/aromatic N) is 5. The molecule has 4 heterocycles. The summed E-state index contributed by atoms with van der Waals surface area (Å²) in [6.45, 7) is 14.4. The predicted molar refractivity (Wildman–Crippen MR) is 149 cm³/mol. The topological polar surface area (TPSA) is 84.8 Å². The van der Waals surface area contributed by atoms with Crippen molar-refractivity contribution in [3.63, 3.8) is 0 Å². The maximum Gasteiger partial charge on any atom is 0.292 e. The van der Waals surface area contributed by atoms with Crippen LogP contribution in [-0.4, -0.2) is 79.3 Å². The van der Waals surface area contributed by atoms with Crippen molar-refractivity contribution >= 4 is 50.4 Å². The third kappa shape index (κ3) is 7.43. The fourth-order valence-electron chi connectivity index (χ4n) is 4.12. The Morgan fingerprint density at radius 1 is 1.26 bits per heavy atom. The third-order valence-corrected chi connectivity index (χ3v) is 8.18. The van der Waals surface area contributed by atoms with E-state index in [1.165, 1.54) is 10.7 Å². The molecule has 2 aromatic rings. The Labute approximate surface area is 220 Å². The maximum absolute atomic E-state index is 12.8. The Morgan fingerprint density at radius 3 is 2.63 bits per heavy atom. The summed E-state index contributed by atoms with van der Waals surface area (Å²) in [7, 11) is -1.20. The summed E-state index contributed by atoms with van der Waals surface area (Å²) in [5.41, 5.74) is 1.09. The highest BCUT2D eigenvalue weighted by atomic mass is 35.5. The molecule has 0 unspecified atom stereocenters. The molecule has 194 valence electrons. The average molecular weight is 541 g/mol. The van der Waals surface area contributed by atoms with Gasteiger partial charge in [-0.15, -0.1) is 0 Å². The van der Waals surface area contributed by atoms with Crippen LogP contribution in [0.4, 0.5) is 17.2 Å². The lowest BCUT2D eigenvalue weighted by molar-refractivity contribution is -0.0691. The van der Waals surface area contributed by atoms with Gasteiger partial charge in [0, 0.05) is 46.4 Å². The average Bonchev–Trinajstić information content (AvgIpc) is 2.73. The first-order chi connectivity index (χ1) is 16.2. The van der Waals surface area contributed by atoms with E-state index in [0.717, 1.165) is 44.6 Å². The number of ether oxygens (including phenoxy) is 2. The summed E-state index contributed by atoms with van der Waals surface area (Å²) in [4.78, 5) is 22.3. The van der Waals surface area contributed by atoms with E-state index in [2.05, 4.69) is 51.8 Å². The molecule has 2 saturated heterocycles. The van der Waals surface area contributed by atoms with E-state index in [4.69, 9.17) is 21.1 Å². The first-order valence-electron chi connectivity index (χ1n) is 11.9. The Hall–Kier alpha value is -1.63. The number of piperazine rings is 1. The minimum absolute atomic E-state index is 0. The van der Waals surface area contributed by atoms with Crippen LogP contribution in [0.1, 0.15) is 6.92 Å². The van der Waals surface area contributed by atoms with E-state index in [0.29, 0.717) is 30.2 Å². The number of anilines is 3. The molecule has 0 aromatic carbocycles. The normalized spacial score (nSPS) is 19.2. The van der Waals surface area contributed by atoms with E-state index in [9.17, 15) is 4.79 Å². The second kappa shape index (κ2) is 12.1. The van der Waals surface area contributed by atoms with Crippen molar-refractivity contribution < 1.29 is 9.47 Å². The molecule has 0 bridgehead atoms. The number of nitrogens with one attached hydrogen (secondary N) is 1. The number of hydrogen-bond acceptors (Lipinski definition) is 8. The SMILES string of the molecule is C[C@H]1CN(C2COC2)CCN1c1ccc(Nc2cc(Cl)nn(COCC[Si](C)(C)C)c2=O)nc1.S. The minimum atomic E-state index is -1.20. The first-order valence-corrected chi connectivity index (χ1v) is 15.9. The van der Waals surface area contributed by atoms with Crippen molar-refractivity contribution in [2.24, 2.45) is 0 Å². The van der Waals surface area contributed by atoms with Crippen molar-refractivity contribution in [2.45, 2.75) is 51.4 Å². The lowest BCUT2D eigenvalue weighted by atomic mass is 10.1. The van der Waals surface area contributed by atoms with Gasteiger partial charge >= 0.3 is 0 Å². The van der Waals surface area contributed by atoms with Crippen molar-refractivity contribution in [3.05, 3.63) is 39.9 Å². The van der Waals surface area contributed by atoms with E-state index in [1.807, 2.05) is 18.3 Å². The van der Waals surface area contributed by atoms with Crippen LogP contribution in [-0.2, 0) is 16.2 Å². The van der Waals surface area contributed by atoms with Gasteiger partial charge in [-0.05, 0) is 25.1 Å². The molecule has 0 spiro atoms. The zero-order chi connectivity index (χ0) is 24.3. The monoisotopic (exact) mass is 540 g/mol. The summed E-state index contributed by atoms with van der Waals surface area (Å²) in [5, 5.41) is 7.41. The molecule has 0 radical (unpaired) electrons. The second-order valence-corrected chi connectivity index (χ2v) is 16.3. The van der Waals surface area contributed by atoms with Gasteiger partial charge in [0.05, 0.1) is 31.1 Å². The van der Waals surface area contributed by atoms with E-state index < -0.39 is 8.07 Å². The molecule has 2 aromatic heterocycles. The highest BCUT2D eigenvalue weighted by Crippen LogP contribution is 2.24. The van der Waals surface area contributed by atoms with Gasteiger partial charge < -0.3 is 19.7 Å². The van der Waals surface area contributed by atoms with Gasteiger partial charge in [0.1, 0.15) is 18.2 Å². The summed E-state index contributed by atoms with van der Waals surface area (Å²) >= 11 is 6.17. The van der Waals surface area contributed by atoms with E-state index in [-0.39, 0.29) is 30.9 Å². The Bertz CT molecular complexity index is 1030. The third-order valence-electron chi connectivity index (χ3n) is 6.29. The van der Waals surface area contributed by atoms with Crippen molar-refractivity contribution in [3.8, 4) is 0 Å². The van der Waals surface area contributed by atoms with Crippen LogP contribution in [0.5, 0.6) is 0 Å². The molecule has 4 rings (SSSR count). The first kappa shape index (κ1) is 27.9. The zero-order valence-corrected chi connectivity index (χ0v) is 23.7. The highest BCUT2D eigenvalue weighted by molar-refractivity contribution is 7.59. The molecule has 2 fully saturated rings. The molecule has 1 atom stereocenters. The van der Waals surface area contributed by atoms with Crippen LogP contribution in [0.3, 0.4) is 0 Å². The summed E-state index contributed by atoms with van der Waals surface area (Å²) in [5.74, 6) is 0.576. The van der Waals surface area contributed by atoms with Gasteiger partial charge in [-0.1, -0.05) is 31.2 Å². The molecule has 0 aliphatic carbocycles. The number of hydrogen-bond donors (Lipinski definition) is 1. The van der Waals surface area contributed by atoms with Gasteiger partial charge in [-0.25, -0.2) is 9.67 Å². The van der Waals surface area contributed by atoms with Crippen molar-refractivity contribution in [1.29, 1.82) is 0 Å². The molecule has 0 amide bonds. The van der Waals surface area contributed by atoms with Gasteiger partial charge in [-0.2, -0.15) is 18.6 Å². The van der Waals surface area contributed by atoms with Crippen LogP contribution in [0.2, 0.25) is 30.8 Å². The lowest BCUT2D eigenvalue weighted by Crippen LogP contribution is -2.59. The molecule has 2 aliphatic rings. The van der Waals surface area contributed by atoms with E-state index in [1.54, 1.807) is 0 Å². The molecule has 35 heavy (non-hydrogen) atoms. The second-order valence-electron chi connectivity index (χ2n) is 10.3. The summed E-state index contributed by atoms with van der Waals surface area (Å²) < 4.78 is 12.3. The molecule has 9 nitrogen and oxygen atoms in total. The molecule has 0 saturated carbocycles. The predicted octanol–water partition coefficient (Wildman–Crippen LogP) is 3.37. The largest absolute Gasteiger partial charge is 0.378 e. The Morgan fingerprint density at radius 2 is 2.03 bits per heavy atom. The number of halogens is 1. The Kier molecular flexibility index (Phi) is 9.64. The summed E-state index contributed by atoms with van der Waals surface area (Å²) in [6.07, 6.45) is 1.85. The van der Waals surface area contributed by atoms with Crippen LogP contribution in [0, 0.1) is 0 Å². The number of aromatic nitrogens is 3. The van der Waals surface area contributed by atoms with Gasteiger partial charge in [0.15, 0.2) is 5.15 Å². The number of pyridine rings is 1. The maximum atomic E-state index is 12.8. The van der Waals surface area contributed by atoms with Gasteiger partial charge in [0.25, 0.3) is 5.56 Å². The smallest absolute Gasteiger partial charge is 0.292 e. The highest BCUT2D eigenvalue weighted by Gasteiger charge is 2.32. The fourth-order valence-corrected chi connectivity index (χ4v) is 5.08. The molecular weight excluding hydrogens is 504 g/mol. The minimum Gasteiger partial charge on any atom is -0.378 e. The van der Waals surface area contributed by atoms with Crippen LogP contribution >= 0.6 is 25.1 Å².